The minimum absolute atomic E-state index is 0.0254. The van der Waals surface area contributed by atoms with Gasteiger partial charge in [-0.25, -0.2) is 8.42 Å². The number of carbonyl (C=O) groups is 1. The summed E-state index contributed by atoms with van der Waals surface area (Å²) in [6.45, 7) is 3.15. The van der Waals surface area contributed by atoms with Crippen molar-refractivity contribution in [1.29, 1.82) is 0 Å². The number of hydrogen-bond donors (Lipinski definition) is 2. The van der Waals surface area contributed by atoms with Crippen LogP contribution in [-0.4, -0.2) is 63.7 Å². The molecule has 2 aromatic heterocycles. The Morgan fingerprint density at radius 3 is 2.76 bits per heavy atom. The van der Waals surface area contributed by atoms with E-state index in [4.69, 9.17) is 9.47 Å². The van der Waals surface area contributed by atoms with E-state index in [1.54, 1.807) is 30.7 Å². The number of sulfonamides is 1. The van der Waals surface area contributed by atoms with E-state index < -0.39 is 20.7 Å². The second-order valence-corrected chi connectivity index (χ2v) is 11.4. The van der Waals surface area contributed by atoms with Crippen molar-refractivity contribution >= 4 is 31.9 Å². The normalized spacial score (nSPS) is 17.8. The summed E-state index contributed by atoms with van der Waals surface area (Å²) in [6, 6.07) is 1.65. The fourth-order valence-corrected chi connectivity index (χ4v) is 5.88. The number of aromatic nitrogens is 4. The summed E-state index contributed by atoms with van der Waals surface area (Å²) in [5, 5.41) is 2.46. The van der Waals surface area contributed by atoms with Gasteiger partial charge in [0.1, 0.15) is 0 Å². The predicted molar refractivity (Wildman–Crippen MR) is 134 cm³/mol. The van der Waals surface area contributed by atoms with E-state index in [9.17, 15) is 13.2 Å². The fourth-order valence-electron chi connectivity index (χ4n) is 3.89. The molecule has 2 aromatic rings. The van der Waals surface area contributed by atoms with Crippen LogP contribution in [0.1, 0.15) is 44.0 Å². The van der Waals surface area contributed by atoms with Crippen LogP contribution in [0.3, 0.4) is 0 Å². The van der Waals surface area contributed by atoms with Gasteiger partial charge in [-0.3, -0.25) is 0 Å². The van der Waals surface area contributed by atoms with Crippen molar-refractivity contribution in [2.24, 2.45) is 0 Å². The first-order valence-electron chi connectivity index (χ1n) is 11.9. The molecule has 0 radical (unpaired) electrons. The van der Waals surface area contributed by atoms with Gasteiger partial charge in [-0.05, 0) is 12.8 Å². The SMILES string of the molecule is CCOc1cncc(/C([CH]=[W])=C/C=CNC(=O)C2(c3ccnc(NS(=O)(=O)C4CC4)n3)CCOCC2)n1. The van der Waals surface area contributed by atoms with Crippen molar-refractivity contribution in [2.75, 3.05) is 24.5 Å². The second kappa shape index (κ2) is 12.1. The van der Waals surface area contributed by atoms with Crippen LogP contribution in [0.5, 0.6) is 5.88 Å². The molecule has 11 nitrogen and oxygen atoms in total. The number of hydrogen-bond acceptors (Lipinski definition) is 9. The van der Waals surface area contributed by atoms with Gasteiger partial charge < -0.3 is 0 Å². The van der Waals surface area contributed by atoms with Crippen molar-refractivity contribution < 1.29 is 42.0 Å². The van der Waals surface area contributed by atoms with Crippen LogP contribution in [0.25, 0.3) is 5.57 Å². The summed E-state index contributed by atoms with van der Waals surface area (Å²) >= 11 is 1.24. The zero-order chi connectivity index (χ0) is 26.3. The van der Waals surface area contributed by atoms with Gasteiger partial charge in [0.2, 0.25) is 10.0 Å². The van der Waals surface area contributed by atoms with Crippen LogP contribution in [0.2, 0.25) is 0 Å². The van der Waals surface area contributed by atoms with Crippen LogP contribution >= 0.6 is 0 Å². The van der Waals surface area contributed by atoms with Crippen LogP contribution in [-0.2, 0) is 44.3 Å². The Hall–Kier alpha value is -2.82. The van der Waals surface area contributed by atoms with Gasteiger partial charge in [-0.1, -0.05) is 0 Å². The van der Waals surface area contributed by atoms with Gasteiger partial charge in [0.05, 0.1) is 5.25 Å². The van der Waals surface area contributed by atoms with Crippen molar-refractivity contribution in [3.8, 4) is 5.88 Å². The number of amides is 1. The van der Waals surface area contributed by atoms with E-state index in [2.05, 4.69) is 30.0 Å². The Balaban J connectivity index is 1.51. The van der Waals surface area contributed by atoms with Crippen LogP contribution in [0, 0.1) is 0 Å². The summed E-state index contributed by atoms with van der Waals surface area (Å²) in [6.07, 6.45) is 11.9. The molecule has 2 N–H and O–H groups in total. The Kier molecular flexibility index (Phi) is 8.94. The Bertz CT molecular complexity index is 1310. The van der Waals surface area contributed by atoms with Gasteiger partial charge in [0.25, 0.3) is 0 Å². The molecular formula is C24H28N6O5SW. The molecule has 0 unspecified atom stereocenters. The van der Waals surface area contributed by atoms with Crippen molar-refractivity contribution in [3.63, 3.8) is 0 Å². The Morgan fingerprint density at radius 2 is 2.05 bits per heavy atom. The topological polar surface area (TPSA) is 145 Å². The van der Waals surface area contributed by atoms with Crippen LogP contribution in [0.4, 0.5) is 5.95 Å². The van der Waals surface area contributed by atoms with E-state index in [1.807, 2.05) is 17.4 Å². The van der Waals surface area contributed by atoms with E-state index in [-0.39, 0.29) is 11.9 Å². The first-order valence-corrected chi connectivity index (χ1v) is 15.1. The van der Waals surface area contributed by atoms with E-state index in [0.717, 1.165) is 5.57 Å². The first-order chi connectivity index (χ1) is 17.9. The predicted octanol–water partition coefficient (Wildman–Crippen LogP) is 1.68. The average molecular weight is 696 g/mol. The molecule has 0 atom stereocenters. The standard InChI is InChI=1S/C24H28N6O5S.W/c1-3-35-21-16-25-15-19(28-21)17(2)5-4-11-26-22(31)24(9-13-34-14-10-24)20-8-12-27-23(29-20)30-36(32,33)18-6-7-18;/h2,4-5,8,11-12,15-16,18H,3,6-7,9-10,13-14H2,1H3,(H,26,31)(H,27,29,30);/b11-4?,17-5+;. The third kappa shape index (κ3) is 6.74. The van der Waals surface area contributed by atoms with E-state index in [0.29, 0.717) is 62.8 Å². The molecule has 1 aliphatic heterocycles. The summed E-state index contributed by atoms with van der Waals surface area (Å²) in [4.78, 5) is 30.6. The van der Waals surface area contributed by atoms with Crippen LogP contribution < -0.4 is 14.8 Å². The summed E-state index contributed by atoms with van der Waals surface area (Å²) < 4.78 is 40.1. The van der Waals surface area contributed by atoms with Crippen LogP contribution in [0.15, 0.2) is 43.0 Å². The molecular weight excluding hydrogens is 668 g/mol. The Morgan fingerprint density at radius 1 is 1.27 bits per heavy atom. The minimum atomic E-state index is -3.52. The van der Waals surface area contributed by atoms with Gasteiger partial charge in [-0.2, -0.15) is 0 Å². The molecule has 13 heteroatoms. The number of ether oxygens (including phenoxy) is 2. The molecule has 0 bridgehead atoms. The summed E-state index contributed by atoms with van der Waals surface area (Å²) in [5.41, 5.74) is 0.990. The Labute approximate surface area is 226 Å². The molecule has 0 aromatic carbocycles. The number of nitrogens with zero attached hydrogens (tertiary/aromatic N) is 4. The zero-order valence-corrected chi connectivity index (χ0v) is 24.0. The fraction of sp³-hybridized carbons (Fsp3) is 0.417. The zero-order valence-electron chi connectivity index (χ0n) is 20.3. The van der Waals surface area contributed by atoms with Gasteiger partial charge >= 0.3 is 191 Å². The molecule has 2 fully saturated rings. The van der Waals surface area contributed by atoms with Crippen molar-refractivity contribution in [3.05, 3.63) is 54.4 Å². The molecule has 3 heterocycles. The average Bonchev–Trinajstić information content (AvgIpc) is 3.76. The quantitative estimate of drug-likeness (QED) is 0.336. The molecule has 1 saturated heterocycles. The first kappa shape index (κ1) is 27.2. The maximum atomic E-state index is 13.5. The third-order valence-corrected chi connectivity index (χ3v) is 8.77. The molecule has 37 heavy (non-hydrogen) atoms. The van der Waals surface area contributed by atoms with Crippen molar-refractivity contribution in [2.45, 2.75) is 43.3 Å². The third-order valence-electron chi connectivity index (χ3n) is 6.04. The monoisotopic (exact) mass is 696 g/mol. The molecule has 4 rings (SSSR count). The van der Waals surface area contributed by atoms with Gasteiger partial charge in [0.15, 0.2) is 0 Å². The molecule has 0 spiro atoms. The second-order valence-electron chi connectivity index (χ2n) is 8.55. The number of anilines is 1. The maximum absolute atomic E-state index is 13.5. The van der Waals surface area contributed by atoms with E-state index >= 15 is 0 Å². The molecule has 2 aliphatic rings. The molecule has 1 aliphatic carbocycles. The van der Waals surface area contributed by atoms with Gasteiger partial charge in [-0.15, -0.1) is 0 Å². The number of allylic oxidation sites excluding steroid dienone is 3. The molecule has 1 amide bonds. The number of carbonyl (C=O) groups excluding carboxylic acids is 1. The number of rotatable bonds is 11. The van der Waals surface area contributed by atoms with Crippen molar-refractivity contribution in [1.82, 2.24) is 25.3 Å². The van der Waals surface area contributed by atoms with E-state index in [1.165, 1.54) is 25.6 Å². The number of nitrogens with one attached hydrogen (secondary N) is 2. The molecule has 1 saturated carbocycles. The molecule has 196 valence electrons. The summed E-state index contributed by atoms with van der Waals surface area (Å²) in [7, 11) is -3.52. The summed E-state index contributed by atoms with van der Waals surface area (Å²) in [5.74, 6) is 0.175. The van der Waals surface area contributed by atoms with Gasteiger partial charge in [0, 0.05) is 0 Å².